The summed E-state index contributed by atoms with van der Waals surface area (Å²) in [5.41, 5.74) is 1.13. The number of carbonyl (C=O) groups is 1. The molecule has 7 nitrogen and oxygen atoms in total. The lowest BCUT2D eigenvalue weighted by Crippen LogP contribution is -2.28. The summed E-state index contributed by atoms with van der Waals surface area (Å²) in [6.07, 6.45) is 3.46. The van der Waals surface area contributed by atoms with Crippen molar-refractivity contribution in [3.8, 4) is 5.88 Å². The van der Waals surface area contributed by atoms with Crippen molar-refractivity contribution in [2.45, 2.75) is 19.9 Å². The van der Waals surface area contributed by atoms with Crippen LogP contribution in [-0.4, -0.2) is 32.1 Å². The molecule has 0 spiro atoms. The molecule has 3 aromatic heterocycles. The average molecular weight is 311 g/mol. The summed E-state index contributed by atoms with van der Waals surface area (Å²) >= 11 is 0. The van der Waals surface area contributed by atoms with Crippen molar-refractivity contribution in [3.05, 3.63) is 54.1 Å². The molecule has 0 aliphatic rings. The lowest BCUT2D eigenvalue weighted by atomic mass is 10.2. The molecular formula is C16H17N5O2. The van der Waals surface area contributed by atoms with Gasteiger partial charge in [0.15, 0.2) is 11.5 Å². The Labute approximate surface area is 133 Å². The molecule has 0 bridgehead atoms. The standard InChI is InChI=1S/C16H17N5O2/c1-3-23-16-12(7-6-9-17-16)15(22)18-11(2)14-20-19-13-8-4-5-10-21(13)14/h4-11H,3H2,1-2H3,(H,18,22). The van der Waals surface area contributed by atoms with Crippen LogP contribution in [0.1, 0.15) is 36.1 Å². The second-order valence-corrected chi connectivity index (χ2v) is 4.97. The van der Waals surface area contributed by atoms with Crippen LogP contribution in [0.15, 0.2) is 42.7 Å². The van der Waals surface area contributed by atoms with Gasteiger partial charge in [-0.3, -0.25) is 9.20 Å². The summed E-state index contributed by atoms with van der Waals surface area (Å²) in [6, 6.07) is 8.72. The molecule has 7 heteroatoms. The molecule has 1 unspecified atom stereocenters. The van der Waals surface area contributed by atoms with E-state index in [0.717, 1.165) is 5.65 Å². The predicted octanol–water partition coefficient (Wildman–Crippen LogP) is 2.01. The minimum absolute atomic E-state index is 0.262. The molecule has 3 aromatic rings. The fourth-order valence-electron chi connectivity index (χ4n) is 2.31. The third kappa shape index (κ3) is 2.98. The van der Waals surface area contributed by atoms with E-state index in [9.17, 15) is 4.79 Å². The number of rotatable bonds is 5. The molecule has 0 radical (unpaired) electrons. The van der Waals surface area contributed by atoms with Gasteiger partial charge in [0, 0.05) is 12.4 Å². The predicted molar refractivity (Wildman–Crippen MR) is 84.3 cm³/mol. The van der Waals surface area contributed by atoms with Crippen molar-refractivity contribution < 1.29 is 9.53 Å². The van der Waals surface area contributed by atoms with E-state index < -0.39 is 0 Å². The number of ether oxygens (including phenoxy) is 1. The Morgan fingerprint density at radius 2 is 2.17 bits per heavy atom. The molecule has 0 aliphatic heterocycles. The molecule has 1 atom stereocenters. The number of hydrogen-bond acceptors (Lipinski definition) is 5. The lowest BCUT2D eigenvalue weighted by Gasteiger charge is -2.14. The number of hydrogen-bond donors (Lipinski definition) is 1. The minimum atomic E-state index is -0.311. The Kier molecular flexibility index (Phi) is 4.18. The first-order valence-electron chi connectivity index (χ1n) is 7.39. The maximum Gasteiger partial charge on any atom is 0.257 e. The highest BCUT2D eigenvalue weighted by atomic mass is 16.5. The van der Waals surface area contributed by atoms with Crippen LogP contribution in [0, 0.1) is 0 Å². The summed E-state index contributed by atoms with van der Waals surface area (Å²) in [6.45, 7) is 4.15. The maximum absolute atomic E-state index is 12.5. The van der Waals surface area contributed by atoms with E-state index in [4.69, 9.17) is 4.74 Å². The molecule has 1 amide bonds. The second kappa shape index (κ2) is 6.43. The van der Waals surface area contributed by atoms with E-state index in [1.54, 1.807) is 18.3 Å². The van der Waals surface area contributed by atoms with Crippen molar-refractivity contribution in [1.82, 2.24) is 24.9 Å². The van der Waals surface area contributed by atoms with E-state index in [-0.39, 0.29) is 11.9 Å². The number of nitrogens with one attached hydrogen (secondary N) is 1. The van der Waals surface area contributed by atoms with Crippen molar-refractivity contribution in [2.75, 3.05) is 6.61 Å². The number of fused-ring (bicyclic) bond motifs is 1. The van der Waals surface area contributed by atoms with Crippen molar-refractivity contribution in [3.63, 3.8) is 0 Å². The van der Waals surface area contributed by atoms with Gasteiger partial charge in [-0.05, 0) is 38.1 Å². The first-order valence-corrected chi connectivity index (χ1v) is 7.39. The molecule has 0 saturated heterocycles. The second-order valence-electron chi connectivity index (χ2n) is 4.97. The monoisotopic (exact) mass is 311 g/mol. The summed E-state index contributed by atoms with van der Waals surface area (Å²) in [4.78, 5) is 16.6. The molecule has 118 valence electrons. The number of pyridine rings is 2. The van der Waals surface area contributed by atoms with Gasteiger partial charge in [-0.2, -0.15) is 0 Å². The molecule has 0 saturated carbocycles. The molecule has 3 heterocycles. The molecule has 1 N–H and O–H groups in total. The van der Waals surface area contributed by atoms with Crippen molar-refractivity contribution >= 4 is 11.6 Å². The van der Waals surface area contributed by atoms with E-state index in [2.05, 4.69) is 20.5 Å². The van der Waals surface area contributed by atoms with Gasteiger partial charge < -0.3 is 10.1 Å². The van der Waals surface area contributed by atoms with Gasteiger partial charge in [0.25, 0.3) is 5.91 Å². The number of amides is 1. The van der Waals surface area contributed by atoms with Gasteiger partial charge in [-0.15, -0.1) is 10.2 Å². The van der Waals surface area contributed by atoms with E-state index in [1.165, 1.54) is 0 Å². The van der Waals surface area contributed by atoms with E-state index in [1.807, 2.05) is 42.6 Å². The number of nitrogens with zero attached hydrogens (tertiary/aromatic N) is 4. The highest BCUT2D eigenvalue weighted by molar-refractivity contribution is 5.96. The zero-order chi connectivity index (χ0) is 16.2. The average Bonchev–Trinajstić information content (AvgIpc) is 2.99. The van der Waals surface area contributed by atoms with E-state index >= 15 is 0 Å². The number of aromatic nitrogens is 4. The fourth-order valence-corrected chi connectivity index (χ4v) is 2.31. The first kappa shape index (κ1) is 15.0. The van der Waals surface area contributed by atoms with Crippen LogP contribution in [0.4, 0.5) is 0 Å². The molecule has 0 aliphatic carbocycles. The normalized spacial score (nSPS) is 12.1. The summed E-state index contributed by atoms with van der Waals surface area (Å²) in [7, 11) is 0. The van der Waals surface area contributed by atoms with Crippen LogP contribution < -0.4 is 10.1 Å². The van der Waals surface area contributed by atoms with Crippen molar-refractivity contribution in [1.29, 1.82) is 0 Å². The SMILES string of the molecule is CCOc1ncccc1C(=O)NC(C)c1nnc2ccccn12. The largest absolute Gasteiger partial charge is 0.477 e. The topological polar surface area (TPSA) is 81.4 Å². The van der Waals surface area contributed by atoms with Crippen molar-refractivity contribution in [2.24, 2.45) is 0 Å². The van der Waals surface area contributed by atoms with Crippen LogP contribution >= 0.6 is 0 Å². The molecule has 3 rings (SSSR count). The zero-order valence-corrected chi connectivity index (χ0v) is 12.9. The highest BCUT2D eigenvalue weighted by Crippen LogP contribution is 2.17. The highest BCUT2D eigenvalue weighted by Gasteiger charge is 2.19. The van der Waals surface area contributed by atoms with Gasteiger partial charge >= 0.3 is 0 Å². The smallest absolute Gasteiger partial charge is 0.257 e. The van der Waals surface area contributed by atoms with E-state index in [0.29, 0.717) is 23.9 Å². The summed E-state index contributed by atoms with van der Waals surface area (Å²) in [5.74, 6) is 0.725. The zero-order valence-electron chi connectivity index (χ0n) is 12.9. The van der Waals surface area contributed by atoms with Gasteiger partial charge in [-0.25, -0.2) is 4.98 Å². The Balaban J connectivity index is 1.83. The molecular weight excluding hydrogens is 294 g/mol. The van der Waals surface area contributed by atoms with Crippen LogP contribution in [0.3, 0.4) is 0 Å². The minimum Gasteiger partial charge on any atom is -0.477 e. The summed E-state index contributed by atoms with van der Waals surface area (Å²) < 4.78 is 7.24. The van der Waals surface area contributed by atoms with Gasteiger partial charge in [0.2, 0.25) is 5.88 Å². The Bertz CT molecular complexity index is 830. The lowest BCUT2D eigenvalue weighted by molar-refractivity contribution is 0.0933. The molecule has 0 aromatic carbocycles. The Morgan fingerprint density at radius 3 is 3.00 bits per heavy atom. The maximum atomic E-state index is 12.5. The molecule has 23 heavy (non-hydrogen) atoms. The van der Waals surface area contributed by atoms with Crippen LogP contribution in [-0.2, 0) is 0 Å². The van der Waals surface area contributed by atoms with Crippen LogP contribution in [0.25, 0.3) is 5.65 Å². The Morgan fingerprint density at radius 1 is 1.30 bits per heavy atom. The van der Waals surface area contributed by atoms with Gasteiger partial charge in [0.1, 0.15) is 5.56 Å². The fraction of sp³-hybridized carbons (Fsp3) is 0.250. The van der Waals surface area contributed by atoms with Gasteiger partial charge in [0.05, 0.1) is 12.6 Å². The number of carbonyl (C=O) groups excluding carboxylic acids is 1. The summed E-state index contributed by atoms with van der Waals surface area (Å²) in [5, 5.41) is 11.2. The van der Waals surface area contributed by atoms with Crippen LogP contribution in [0.2, 0.25) is 0 Å². The van der Waals surface area contributed by atoms with Gasteiger partial charge in [-0.1, -0.05) is 6.07 Å². The third-order valence-electron chi connectivity index (χ3n) is 3.37. The third-order valence-corrected chi connectivity index (χ3v) is 3.37. The quantitative estimate of drug-likeness (QED) is 0.779. The molecule has 0 fully saturated rings. The van der Waals surface area contributed by atoms with Crippen LogP contribution in [0.5, 0.6) is 5.88 Å². The first-order chi connectivity index (χ1) is 11.2. The Hall–Kier alpha value is -2.96.